The van der Waals surface area contributed by atoms with Crippen LogP contribution in [0.1, 0.15) is 53.4 Å². The summed E-state index contributed by atoms with van der Waals surface area (Å²) >= 11 is 0. The van der Waals surface area contributed by atoms with Crippen molar-refractivity contribution in [3.8, 4) is 0 Å². The molecule has 0 aromatic carbocycles. The lowest BCUT2D eigenvalue weighted by Crippen LogP contribution is -2.46. The van der Waals surface area contributed by atoms with Gasteiger partial charge in [-0.3, -0.25) is 4.90 Å². The lowest BCUT2D eigenvalue weighted by Gasteiger charge is -2.39. The molecule has 0 aliphatic heterocycles. The molecule has 0 saturated heterocycles. The Hall–Kier alpha value is -0.0800. The molecule has 90 valence electrons. The highest BCUT2D eigenvalue weighted by Crippen LogP contribution is 2.24. The van der Waals surface area contributed by atoms with Gasteiger partial charge in [-0.1, -0.05) is 20.3 Å². The minimum Gasteiger partial charge on any atom is -0.314 e. The maximum absolute atomic E-state index is 3.61. The lowest BCUT2D eigenvalue weighted by atomic mass is 9.89. The van der Waals surface area contributed by atoms with Crippen molar-refractivity contribution in [1.82, 2.24) is 10.2 Å². The van der Waals surface area contributed by atoms with E-state index in [1.54, 1.807) is 0 Å². The summed E-state index contributed by atoms with van der Waals surface area (Å²) in [4.78, 5) is 2.66. The molecule has 1 rings (SSSR count). The molecule has 0 bridgehead atoms. The van der Waals surface area contributed by atoms with Crippen LogP contribution < -0.4 is 5.32 Å². The van der Waals surface area contributed by atoms with Crippen molar-refractivity contribution in [3.05, 3.63) is 0 Å². The highest BCUT2D eigenvalue weighted by Gasteiger charge is 2.26. The molecule has 0 aromatic heterocycles. The van der Waals surface area contributed by atoms with E-state index in [4.69, 9.17) is 0 Å². The van der Waals surface area contributed by atoms with E-state index in [9.17, 15) is 0 Å². The standard InChI is InChI=1S/C13H28N2/c1-5-14-12-8-7-9-13(10-12)15(6-2)11(3)4/h11-14H,5-10H2,1-4H3. The fourth-order valence-electron chi connectivity index (χ4n) is 2.98. The Labute approximate surface area is 95.4 Å². The summed E-state index contributed by atoms with van der Waals surface area (Å²) in [6.45, 7) is 11.5. The Morgan fingerprint density at radius 2 is 2.00 bits per heavy atom. The van der Waals surface area contributed by atoms with Crippen LogP contribution in [0, 0.1) is 0 Å². The van der Waals surface area contributed by atoms with Crippen molar-refractivity contribution in [3.63, 3.8) is 0 Å². The molecule has 2 heteroatoms. The van der Waals surface area contributed by atoms with Gasteiger partial charge >= 0.3 is 0 Å². The summed E-state index contributed by atoms with van der Waals surface area (Å²) in [5.74, 6) is 0. The van der Waals surface area contributed by atoms with Gasteiger partial charge in [0.15, 0.2) is 0 Å². The first-order valence-electron chi connectivity index (χ1n) is 6.68. The van der Waals surface area contributed by atoms with Crippen LogP contribution >= 0.6 is 0 Å². The smallest absolute Gasteiger partial charge is 0.0113 e. The Balaban J connectivity index is 2.46. The molecule has 0 amide bonds. The van der Waals surface area contributed by atoms with Crippen LogP contribution in [0.5, 0.6) is 0 Å². The van der Waals surface area contributed by atoms with Gasteiger partial charge in [-0.25, -0.2) is 0 Å². The van der Waals surface area contributed by atoms with Gasteiger partial charge in [0.1, 0.15) is 0 Å². The fraction of sp³-hybridized carbons (Fsp3) is 1.00. The molecule has 1 fully saturated rings. The van der Waals surface area contributed by atoms with Crippen molar-refractivity contribution < 1.29 is 0 Å². The first-order chi connectivity index (χ1) is 7.19. The van der Waals surface area contributed by atoms with E-state index >= 15 is 0 Å². The third-order valence-corrected chi connectivity index (χ3v) is 3.64. The van der Waals surface area contributed by atoms with Crippen molar-refractivity contribution in [2.75, 3.05) is 13.1 Å². The van der Waals surface area contributed by atoms with Crippen LogP contribution in [-0.2, 0) is 0 Å². The van der Waals surface area contributed by atoms with Crippen LogP contribution in [-0.4, -0.2) is 36.1 Å². The predicted octanol–water partition coefficient (Wildman–Crippen LogP) is 2.64. The van der Waals surface area contributed by atoms with Crippen molar-refractivity contribution in [2.45, 2.75) is 71.5 Å². The maximum Gasteiger partial charge on any atom is 0.0113 e. The van der Waals surface area contributed by atoms with Gasteiger partial charge in [-0.2, -0.15) is 0 Å². The molecule has 2 unspecified atom stereocenters. The number of rotatable bonds is 5. The molecule has 0 aromatic rings. The van der Waals surface area contributed by atoms with Gasteiger partial charge in [-0.05, 0) is 46.2 Å². The second-order valence-electron chi connectivity index (χ2n) is 5.00. The molecule has 2 nitrogen and oxygen atoms in total. The number of hydrogen-bond acceptors (Lipinski definition) is 2. The van der Waals surface area contributed by atoms with Gasteiger partial charge in [0.25, 0.3) is 0 Å². The second kappa shape index (κ2) is 6.49. The maximum atomic E-state index is 3.61. The van der Waals surface area contributed by atoms with E-state index in [1.165, 1.54) is 32.2 Å². The molecule has 1 aliphatic carbocycles. The molecule has 0 spiro atoms. The summed E-state index contributed by atoms with van der Waals surface area (Å²) in [5, 5.41) is 3.61. The normalized spacial score (nSPS) is 27.6. The van der Waals surface area contributed by atoms with Gasteiger partial charge < -0.3 is 5.32 Å². The van der Waals surface area contributed by atoms with Crippen LogP contribution in [0.15, 0.2) is 0 Å². The summed E-state index contributed by atoms with van der Waals surface area (Å²) in [6, 6.07) is 2.27. The minimum absolute atomic E-state index is 0.695. The second-order valence-corrected chi connectivity index (χ2v) is 5.00. The molecule has 15 heavy (non-hydrogen) atoms. The lowest BCUT2D eigenvalue weighted by molar-refractivity contribution is 0.114. The van der Waals surface area contributed by atoms with E-state index in [0.717, 1.165) is 18.6 Å². The molecule has 0 radical (unpaired) electrons. The first-order valence-corrected chi connectivity index (χ1v) is 6.68. The highest BCUT2D eigenvalue weighted by atomic mass is 15.2. The molecule has 1 N–H and O–H groups in total. The topological polar surface area (TPSA) is 15.3 Å². The molecular formula is C13H28N2. The van der Waals surface area contributed by atoms with E-state index in [2.05, 4.69) is 37.9 Å². The Bertz CT molecular complexity index is 166. The van der Waals surface area contributed by atoms with Gasteiger partial charge in [0.05, 0.1) is 0 Å². The van der Waals surface area contributed by atoms with E-state index in [-0.39, 0.29) is 0 Å². The highest BCUT2D eigenvalue weighted by molar-refractivity contribution is 4.84. The number of nitrogens with zero attached hydrogens (tertiary/aromatic N) is 1. The fourth-order valence-corrected chi connectivity index (χ4v) is 2.98. The average molecular weight is 212 g/mol. The van der Waals surface area contributed by atoms with Gasteiger partial charge in [0, 0.05) is 18.1 Å². The zero-order valence-electron chi connectivity index (χ0n) is 10.9. The third-order valence-electron chi connectivity index (χ3n) is 3.64. The van der Waals surface area contributed by atoms with Gasteiger partial charge in [0.2, 0.25) is 0 Å². The minimum atomic E-state index is 0.695. The zero-order chi connectivity index (χ0) is 11.3. The van der Waals surface area contributed by atoms with Crippen molar-refractivity contribution in [2.24, 2.45) is 0 Å². The summed E-state index contributed by atoms with van der Waals surface area (Å²) < 4.78 is 0. The Kier molecular flexibility index (Phi) is 5.62. The SMILES string of the molecule is CCNC1CCCC(N(CC)C(C)C)C1. The van der Waals surface area contributed by atoms with Crippen LogP contribution in [0.4, 0.5) is 0 Å². The quantitative estimate of drug-likeness (QED) is 0.753. The monoisotopic (exact) mass is 212 g/mol. The molecule has 2 atom stereocenters. The van der Waals surface area contributed by atoms with Crippen LogP contribution in [0.2, 0.25) is 0 Å². The van der Waals surface area contributed by atoms with Crippen molar-refractivity contribution >= 4 is 0 Å². The zero-order valence-corrected chi connectivity index (χ0v) is 10.9. The molecular weight excluding hydrogens is 184 g/mol. The van der Waals surface area contributed by atoms with E-state index in [1.807, 2.05) is 0 Å². The van der Waals surface area contributed by atoms with E-state index < -0.39 is 0 Å². The number of nitrogens with one attached hydrogen (secondary N) is 1. The number of hydrogen-bond donors (Lipinski definition) is 1. The summed E-state index contributed by atoms with van der Waals surface area (Å²) in [5.41, 5.74) is 0. The predicted molar refractivity (Wildman–Crippen MR) is 67.2 cm³/mol. The largest absolute Gasteiger partial charge is 0.314 e. The van der Waals surface area contributed by atoms with Crippen LogP contribution in [0.3, 0.4) is 0 Å². The molecule has 1 aliphatic rings. The van der Waals surface area contributed by atoms with Crippen LogP contribution in [0.25, 0.3) is 0 Å². The first kappa shape index (κ1) is 13.0. The third kappa shape index (κ3) is 3.76. The summed E-state index contributed by atoms with van der Waals surface area (Å²) in [6.07, 6.45) is 5.51. The van der Waals surface area contributed by atoms with Crippen molar-refractivity contribution in [1.29, 1.82) is 0 Å². The van der Waals surface area contributed by atoms with E-state index in [0.29, 0.717) is 6.04 Å². The van der Waals surface area contributed by atoms with Gasteiger partial charge in [-0.15, -0.1) is 0 Å². The average Bonchev–Trinajstić information content (AvgIpc) is 2.19. The molecule has 1 saturated carbocycles. The Morgan fingerprint density at radius 1 is 1.27 bits per heavy atom. The Morgan fingerprint density at radius 3 is 2.53 bits per heavy atom. The molecule has 0 heterocycles. The summed E-state index contributed by atoms with van der Waals surface area (Å²) in [7, 11) is 0.